The molecule has 0 saturated carbocycles. The van der Waals surface area contributed by atoms with Gasteiger partial charge in [-0.15, -0.1) is 0 Å². The topological polar surface area (TPSA) is 113 Å². The van der Waals surface area contributed by atoms with Crippen LogP contribution in [0.2, 0.25) is 0 Å². The van der Waals surface area contributed by atoms with Crippen LogP contribution in [0.25, 0.3) is 0 Å². The van der Waals surface area contributed by atoms with E-state index >= 15 is 0 Å². The van der Waals surface area contributed by atoms with Gasteiger partial charge in [0.05, 0.1) is 10.9 Å². The predicted octanol–water partition coefficient (Wildman–Crippen LogP) is 2.01. The molecule has 2 fully saturated rings. The van der Waals surface area contributed by atoms with Crippen molar-refractivity contribution in [3.63, 3.8) is 0 Å². The number of carbonyl (C=O) groups is 2. The summed E-state index contributed by atoms with van der Waals surface area (Å²) in [5.41, 5.74) is 7.00. The molecule has 0 bridgehead atoms. The van der Waals surface area contributed by atoms with Gasteiger partial charge in [0.2, 0.25) is 21.8 Å². The van der Waals surface area contributed by atoms with Crippen molar-refractivity contribution < 1.29 is 18.0 Å². The highest BCUT2D eigenvalue weighted by Crippen LogP contribution is 2.34. The van der Waals surface area contributed by atoms with Crippen LogP contribution in [-0.4, -0.2) is 67.2 Å². The molecule has 2 amide bonds. The van der Waals surface area contributed by atoms with E-state index < -0.39 is 22.1 Å². The minimum atomic E-state index is -3.65. The number of benzene rings is 2. The lowest BCUT2D eigenvalue weighted by atomic mass is 9.93. The molecule has 3 N–H and O–H groups in total. The Morgan fingerprint density at radius 1 is 1.00 bits per heavy atom. The summed E-state index contributed by atoms with van der Waals surface area (Å²) in [5, 5.41) is 2.90. The average Bonchev–Trinajstić information content (AvgIpc) is 3.31. The first-order chi connectivity index (χ1) is 17.2. The molecular weight excluding hydrogens is 476 g/mol. The minimum absolute atomic E-state index is 0.0660. The fourth-order valence-corrected chi connectivity index (χ4v) is 6.66. The van der Waals surface area contributed by atoms with E-state index in [1.807, 2.05) is 44.2 Å². The van der Waals surface area contributed by atoms with Gasteiger partial charge in [-0.1, -0.05) is 62.4 Å². The molecule has 2 heterocycles. The largest absolute Gasteiger partial charge is 0.343 e. The number of fused-ring (bicyclic) bond motifs is 1. The molecule has 0 radical (unpaired) electrons. The third-order valence-electron chi connectivity index (χ3n) is 7.41. The molecule has 194 valence electrons. The van der Waals surface area contributed by atoms with Crippen molar-refractivity contribution >= 4 is 21.8 Å². The normalized spacial score (nSPS) is 22.2. The lowest BCUT2D eigenvalue weighted by Gasteiger charge is -2.39. The Kier molecular flexibility index (Phi) is 8.12. The molecule has 2 aliphatic rings. The number of amides is 2. The highest BCUT2D eigenvalue weighted by molar-refractivity contribution is 7.89. The Bertz CT molecular complexity index is 1160. The number of rotatable bonds is 8. The summed E-state index contributed by atoms with van der Waals surface area (Å²) < 4.78 is 28.0. The van der Waals surface area contributed by atoms with Gasteiger partial charge in [0.25, 0.3) is 0 Å². The first-order valence-corrected chi connectivity index (χ1v) is 14.1. The predicted molar refractivity (Wildman–Crippen MR) is 138 cm³/mol. The number of hydrogen-bond acceptors (Lipinski definition) is 5. The second kappa shape index (κ2) is 11.1. The van der Waals surface area contributed by atoms with Crippen molar-refractivity contribution in [1.29, 1.82) is 0 Å². The van der Waals surface area contributed by atoms with E-state index in [0.717, 1.165) is 12.0 Å². The van der Waals surface area contributed by atoms with Gasteiger partial charge < -0.3 is 16.0 Å². The Labute approximate surface area is 213 Å². The fourth-order valence-electron chi connectivity index (χ4n) is 5.17. The number of nitrogens with zero attached hydrogens (tertiary/aromatic N) is 2. The number of hydrogen-bond donors (Lipinski definition) is 2. The quantitative estimate of drug-likeness (QED) is 0.562. The van der Waals surface area contributed by atoms with Gasteiger partial charge >= 0.3 is 0 Å². The monoisotopic (exact) mass is 512 g/mol. The first-order valence-electron chi connectivity index (χ1n) is 12.6. The Morgan fingerprint density at radius 3 is 2.25 bits per heavy atom. The molecule has 0 spiro atoms. The molecule has 4 atom stereocenters. The molecule has 0 aromatic heterocycles. The fraction of sp³-hybridized carbons (Fsp3) is 0.481. The van der Waals surface area contributed by atoms with Gasteiger partial charge in [-0.25, -0.2) is 8.42 Å². The van der Waals surface area contributed by atoms with Crippen molar-refractivity contribution in [2.75, 3.05) is 19.6 Å². The van der Waals surface area contributed by atoms with E-state index in [9.17, 15) is 18.0 Å². The number of piperidine rings is 1. The zero-order valence-corrected chi connectivity index (χ0v) is 21.7. The second-order valence-electron chi connectivity index (χ2n) is 10.1. The van der Waals surface area contributed by atoms with Crippen LogP contribution >= 0.6 is 0 Å². The SMILES string of the molecule is CC(C)[C@H](N)C(=O)N[C@@H](Cc1ccccc1)C(=O)N1CCC2CCN(S(=O)(=O)c3ccccc3)CC21. The highest BCUT2D eigenvalue weighted by Gasteiger charge is 2.45. The zero-order chi connectivity index (χ0) is 25.9. The Hall–Kier alpha value is -2.75. The summed E-state index contributed by atoms with van der Waals surface area (Å²) in [6, 6.07) is 16.3. The maximum absolute atomic E-state index is 13.9. The molecule has 2 aromatic carbocycles. The van der Waals surface area contributed by atoms with Crippen molar-refractivity contribution in [3.8, 4) is 0 Å². The number of nitrogens with one attached hydrogen (secondary N) is 1. The molecule has 36 heavy (non-hydrogen) atoms. The Morgan fingerprint density at radius 2 is 1.61 bits per heavy atom. The number of sulfonamides is 1. The number of likely N-dealkylation sites (tertiary alicyclic amines) is 1. The van der Waals surface area contributed by atoms with E-state index in [0.29, 0.717) is 25.9 Å². The third-order valence-corrected chi connectivity index (χ3v) is 9.29. The van der Waals surface area contributed by atoms with Crippen molar-refractivity contribution in [2.45, 2.75) is 56.1 Å². The molecule has 2 saturated heterocycles. The van der Waals surface area contributed by atoms with Crippen LogP contribution in [0, 0.1) is 11.8 Å². The van der Waals surface area contributed by atoms with Crippen LogP contribution < -0.4 is 11.1 Å². The summed E-state index contributed by atoms with van der Waals surface area (Å²) in [7, 11) is -3.65. The lowest BCUT2D eigenvalue weighted by molar-refractivity contribution is -0.138. The van der Waals surface area contributed by atoms with Crippen LogP contribution in [-0.2, 0) is 26.0 Å². The average molecular weight is 513 g/mol. The maximum Gasteiger partial charge on any atom is 0.245 e. The van der Waals surface area contributed by atoms with E-state index in [4.69, 9.17) is 5.73 Å². The molecule has 2 aliphatic heterocycles. The van der Waals surface area contributed by atoms with E-state index in [-0.39, 0.29) is 41.1 Å². The minimum Gasteiger partial charge on any atom is -0.343 e. The van der Waals surface area contributed by atoms with Crippen LogP contribution in [0.3, 0.4) is 0 Å². The van der Waals surface area contributed by atoms with Crippen molar-refractivity contribution in [1.82, 2.24) is 14.5 Å². The smallest absolute Gasteiger partial charge is 0.245 e. The van der Waals surface area contributed by atoms with Crippen LogP contribution in [0.15, 0.2) is 65.6 Å². The summed E-state index contributed by atoms with van der Waals surface area (Å²) >= 11 is 0. The van der Waals surface area contributed by atoms with Crippen molar-refractivity contribution in [2.24, 2.45) is 17.6 Å². The molecular formula is C27H36N4O4S. The Balaban J connectivity index is 1.54. The van der Waals surface area contributed by atoms with Gasteiger partial charge in [0, 0.05) is 32.1 Å². The molecule has 8 nitrogen and oxygen atoms in total. The van der Waals surface area contributed by atoms with Crippen molar-refractivity contribution in [3.05, 3.63) is 66.2 Å². The summed E-state index contributed by atoms with van der Waals surface area (Å²) in [6.45, 7) is 4.98. The molecule has 4 rings (SSSR count). The summed E-state index contributed by atoms with van der Waals surface area (Å²) in [5.74, 6) is -0.368. The second-order valence-corrected chi connectivity index (χ2v) is 12.1. The first kappa shape index (κ1) is 26.3. The zero-order valence-electron chi connectivity index (χ0n) is 20.9. The van der Waals surface area contributed by atoms with Crippen LogP contribution in [0.5, 0.6) is 0 Å². The summed E-state index contributed by atoms with van der Waals surface area (Å²) in [6.07, 6.45) is 1.87. The molecule has 2 unspecified atom stereocenters. The number of nitrogens with two attached hydrogens (primary N) is 1. The van der Waals surface area contributed by atoms with Gasteiger partial charge in [0.1, 0.15) is 6.04 Å². The van der Waals surface area contributed by atoms with E-state index in [1.165, 1.54) is 4.31 Å². The van der Waals surface area contributed by atoms with Gasteiger partial charge in [0.15, 0.2) is 0 Å². The van der Waals surface area contributed by atoms with Gasteiger partial charge in [-0.3, -0.25) is 9.59 Å². The molecule has 9 heteroatoms. The van der Waals surface area contributed by atoms with Crippen LogP contribution in [0.1, 0.15) is 32.3 Å². The lowest BCUT2D eigenvalue weighted by Crippen LogP contribution is -2.58. The van der Waals surface area contributed by atoms with Gasteiger partial charge in [-0.05, 0) is 42.4 Å². The third kappa shape index (κ3) is 5.63. The maximum atomic E-state index is 13.9. The van der Waals surface area contributed by atoms with E-state index in [1.54, 1.807) is 35.2 Å². The molecule has 0 aliphatic carbocycles. The highest BCUT2D eigenvalue weighted by atomic mass is 32.2. The van der Waals surface area contributed by atoms with Crippen LogP contribution in [0.4, 0.5) is 0 Å². The molecule has 2 aromatic rings. The standard InChI is InChI=1S/C27H36N4O4S/c1-19(2)25(28)26(32)29-23(17-20-9-5-3-6-10-20)27(33)31-16-14-21-13-15-30(18-24(21)31)36(34,35)22-11-7-4-8-12-22/h3-12,19,21,23-25H,13-18,28H2,1-2H3,(H,29,32)/t21?,23-,24?,25-/m0/s1. The van der Waals surface area contributed by atoms with Gasteiger partial charge in [-0.2, -0.15) is 4.31 Å². The van der Waals surface area contributed by atoms with E-state index in [2.05, 4.69) is 5.32 Å². The summed E-state index contributed by atoms with van der Waals surface area (Å²) in [4.78, 5) is 28.7. The number of carbonyl (C=O) groups excluding carboxylic acids is 2.